The molecule has 1 N–H and O–H groups in total. The highest BCUT2D eigenvalue weighted by atomic mass is 16.9. The summed E-state index contributed by atoms with van der Waals surface area (Å²) in [5.74, 6) is -2.26. The maximum atomic E-state index is 11.7. The van der Waals surface area contributed by atoms with E-state index in [4.69, 9.17) is 14.6 Å². The lowest BCUT2D eigenvalue weighted by atomic mass is 10.1. The highest BCUT2D eigenvalue weighted by Gasteiger charge is 2.10. The largest absolute Gasteiger partial charge is 0.478 e. The minimum Gasteiger partial charge on any atom is -0.478 e. The molecule has 0 aliphatic carbocycles. The van der Waals surface area contributed by atoms with Crippen molar-refractivity contribution in [2.75, 3.05) is 6.61 Å². The number of carbonyl (C=O) groups is 3. The fraction of sp³-hybridized carbons (Fsp3) is 0.267. The SMILES string of the molecule is CC(=O)Oc1ccc(OC(=O)CCCO[N+](=O)[O-])cc1C=CC(=O)O. The van der Waals surface area contributed by atoms with Gasteiger partial charge >= 0.3 is 17.9 Å². The number of carboxylic acid groups (broad SMARTS) is 1. The van der Waals surface area contributed by atoms with Crippen LogP contribution in [0.5, 0.6) is 11.5 Å². The van der Waals surface area contributed by atoms with E-state index in [1.54, 1.807) is 0 Å². The monoisotopic (exact) mass is 353 g/mol. The van der Waals surface area contributed by atoms with E-state index in [0.29, 0.717) is 0 Å². The zero-order valence-corrected chi connectivity index (χ0v) is 13.2. The zero-order chi connectivity index (χ0) is 18.8. The van der Waals surface area contributed by atoms with Gasteiger partial charge in [0.15, 0.2) is 0 Å². The molecule has 0 atom stereocenters. The van der Waals surface area contributed by atoms with Crippen LogP contribution in [0.15, 0.2) is 24.3 Å². The first-order valence-corrected chi connectivity index (χ1v) is 6.99. The second-order valence-corrected chi connectivity index (χ2v) is 4.60. The highest BCUT2D eigenvalue weighted by Crippen LogP contribution is 2.26. The Labute approximate surface area is 141 Å². The molecule has 0 amide bonds. The van der Waals surface area contributed by atoms with Gasteiger partial charge in [0.25, 0.3) is 5.09 Å². The van der Waals surface area contributed by atoms with E-state index in [1.807, 2.05) is 0 Å². The first-order chi connectivity index (χ1) is 11.8. The Morgan fingerprint density at radius 1 is 1.28 bits per heavy atom. The van der Waals surface area contributed by atoms with E-state index in [-0.39, 0.29) is 36.5 Å². The molecule has 10 nitrogen and oxygen atoms in total. The second-order valence-electron chi connectivity index (χ2n) is 4.60. The van der Waals surface area contributed by atoms with Crippen LogP contribution in [0, 0.1) is 10.1 Å². The maximum absolute atomic E-state index is 11.7. The molecule has 1 aromatic rings. The van der Waals surface area contributed by atoms with E-state index in [0.717, 1.165) is 6.08 Å². The average molecular weight is 353 g/mol. The Bertz CT molecular complexity index is 696. The van der Waals surface area contributed by atoms with Gasteiger partial charge < -0.3 is 19.4 Å². The van der Waals surface area contributed by atoms with E-state index in [9.17, 15) is 24.5 Å². The van der Waals surface area contributed by atoms with E-state index < -0.39 is 23.0 Å². The molecule has 0 fully saturated rings. The van der Waals surface area contributed by atoms with Gasteiger partial charge in [-0.05, 0) is 30.7 Å². The van der Waals surface area contributed by atoms with Crippen LogP contribution in [0.4, 0.5) is 0 Å². The lowest BCUT2D eigenvalue weighted by molar-refractivity contribution is -0.757. The Kier molecular flexibility index (Phi) is 7.57. The second kappa shape index (κ2) is 9.65. The molecule has 1 rings (SSSR count). The van der Waals surface area contributed by atoms with Crippen LogP contribution in [0.25, 0.3) is 6.08 Å². The number of hydrogen-bond donors (Lipinski definition) is 1. The molecule has 0 aromatic heterocycles. The Morgan fingerprint density at radius 3 is 2.60 bits per heavy atom. The molecule has 0 aliphatic rings. The normalized spacial score (nSPS) is 10.3. The lowest BCUT2D eigenvalue weighted by Gasteiger charge is -2.09. The number of carbonyl (C=O) groups excluding carboxylic acids is 2. The number of aliphatic carboxylic acids is 1. The summed E-state index contributed by atoms with van der Waals surface area (Å²) in [6, 6.07) is 4.03. The van der Waals surface area contributed by atoms with Crippen molar-refractivity contribution < 1.29 is 38.9 Å². The van der Waals surface area contributed by atoms with Gasteiger partial charge in [0.2, 0.25) is 0 Å². The third-order valence-electron chi connectivity index (χ3n) is 2.59. The van der Waals surface area contributed by atoms with Crippen LogP contribution < -0.4 is 9.47 Å². The molecule has 0 radical (unpaired) electrons. The molecule has 10 heteroatoms. The quantitative estimate of drug-likeness (QED) is 0.175. The molecular formula is C15H15NO9. The van der Waals surface area contributed by atoms with Gasteiger partial charge in [0.1, 0.15) is 11.5 Å². The van der Waals surface area contributed by atoms with Crippen LogP contribution in [0.1, 0.15) is 25.3 Å². The molecule has 134 valence electrons. The molecule has 0 unspecified atom stereocenters. The third-order valence-corrected chi connectivity index (χ3v) is 2.59. The Morgan fingerprint density at radius 2 is 2.00 bits per heavy atom. The molecule has 0 heterocycles. The predicted octanol–water partition coefficient (Wildman–Crippen LogP) is 1.60. The summed E-state index contributed by atoms with van der Waals surface area (Å²) in [7, 11) is 0. The molecule has 0 saturated heterocycles. The van der Waals surface area contributed by atoms with Crippen molar-refractivity contribution in [1.82, 2.24) is 0 Å². The van der Waals surface area contributed by atoms with Crippen molar-refractivity contribution >= 4 is 24.0 Å². The van der Waals surface area contributed by atoms with Crippen molar-refractivity contribution in [3.05, 3.63) is 40.0 Å². The smallest absolute Gasteiger partial charge is 0.328 e. The number of esters is 2. The first kappa shape index (κ1) is 19.6. The first-order valence-electron chi connectivity index (χ1n) is 6.99. The van der Waals surface area contributed by atoms with Crippen molar-refractivity contribution in [1.29, 1.82) is 0 Å². The van der Waals surface area contributed by atoms with Gasteiger partial charge in [-0.3, -0.25) is 9.59 Å². The summed E-state index contributed by atoms with van der Waals surface area (Å²) in [5, 5.41) is 17.7. The van der Waals surface area contributed by atoms with E-state index >= 15 is 0 Å². The van der Waals surface area contributed by atoms with Crippen LogP contribution in [0.3, 0.4) is 0 Å². The fourth-order valence-corrected chi connectivity index (χ4v) is 1.67. The predicted molar refractivity (Wildman–Crippen MR) is 82.2 cm³/mol. The summed E-state index contributed by atoms with van der Waals surface area (Å²) in [4.78, 5) is 47.4. The Hall–Kier alpha value is -3.43. The van der Waals surface area contributed by atoms with Gasteiger partial charge in [-0.2, -0.15) is 0 Å². The number of carboxylic acids is 1. The van der Waals surface area contributed by atoms with Crippen LogP contribution in [-0.2, 0) is 19.2 Å². The minimum atomic E-state index is -1.21. The number of benzene rings is 1. The van der Waals surface area contributed by atoms with Crippen LogP contribution in [0.2, 0.25) is 0 Å². The van der Waals surface area contributed by atoms with Gasteiger partial charge in [0.05, 0.1) is 6.61 Å². The number of nitrogens with zero attached hydrogens (tertiary/aromatic N) is 1. The van der Waals surface area contributed by atoms with Crippen molar-refractivity contribution in [3.63, 3.8) is 0 Å². The minimum absolute atomic E-state index is 0.0944. The van der Waals surface area contributed by atoms with Gasteiger partial charge in [-0.25, -0.2) is 4.79 Å². The van der Waals surface area contributed by atoms with Gasteiger partial charge in [-0.15, -0.1) is 10.1 Å². The average Bonchev–Trinajstić information content (AvgIpc) is 2.51. The van der Waals surface area contributed by atoms with Crippen LogP contribution in [-0.4, -0.2) is 34.7 Å². The Balaban J connectivity index is 2.77. The summed E-state index contributed by atoms with van der Waals surface area (Å²) in [6.07, 6.45) is 2.00. The van der Waals surface area contributed by atoms with Gasteiger partial charge in [-0.1, -0.05) is 0 Å². The molecule has 0 saturated carbocycles. The molecule has 0 aliphatic heterocycles. The number of rotatable bonds is 9. The fourth-order valence-electron chi connectivity index (χ4n) is 1.67. The molecular weight excluding hydrogens is 338 g/mol. The number of hydrogen-bond acceptors (Lipinski definition) is 8. The van der Waals surface area contributed by atoms with E-state index in [1.165, 1.54) is 31.2 Å². The topological polar surface area (TPSA) is 142 Å². The van der Waals surface area contributed by atoms with Crippen LogP contribution >= 0.6 is 0 Å². The number of ether oxygens (including phenoxy) is 2. The molecule has 0 bridgehead atoms. The van der Waals surface area contributed by atoms with Crippen molar-refractivity contribution in [2.45, 2.75) is 19.8 Å². The summed E-state index contributed by atoms with van der Waals surface area (Å²) < 4.78 is 9.98. The highest BCUT2D eigenvalue weighted by molar-refractivity contribution is 5.86. The maximum Gasteiger partial charge on any atom is 0.328 e. The molecule has 25 heavy (non-hydrogen) atoms. The molecule has 0 spiro atoms. The van der Waals surface area contributed by atoms with E-state index in [2.05, 4.69) is 4.84 Å². The standard InChI is InChI=1S/C15H15NO9/c1-10(17)24-13-6-5-12(9-11(13)4-7-14(18)19)25-15(20)3-2-8-23-16(21)22/h4-7,9H,2-3,8H2,1H3,(H,18,19). The zero-order valence-electron chi connectivity index (χ0n) is 13.2. The van der Waals surface area contributed by atoms with Gasteiger partial charge in [0, 0.05) is 25.0 Å². The third kappa shape index (κ3) is 8.11. The van der Waals surface area contributed by atoms with Crippen molar-refractivity contribution in [2.24, 2.45) is 0 Å². The lowest BCUT2D eigenvalue weighted by Crippen LogP contribution is -2.10. The summed E-state index contributed by atoms with van der Waals surface area (Å²) in [5.41, 5.74) is 0.222. The summed E-state index contributed by atoms with van der Waals surface area (Å²) in [6.45, 7) is 0.950. The molecule has 1 aromatic carbocycles. The van der Waals surface area contributed by atoms with Crippen molar-refractivity contribution in [3.8, 4) is 11.5 Å². The summed E-state index contributed by atoms with van der Waals surface area (Å²) >= 11 is 0.